The van der Waals surface area contributed by atoms with E-state index in [-0.39, 0.29) is 5.69 Å². The van der Waals surface area contributed by atoms with E-state index in [1.807, 2.05) is 0 Å². The first-order valence-electron chi connectivity index (χ1n) is 3.89. The lowest BCUT2D eigenvalue weighted by atomic mass is 10.2. The summed E-state index contributed by atoms with van der Waals surface area (Å²) in [5, 5.41) is 8.00. The minimum absolute atomic E-state index is 0.139. The Morgan fingerprint density at radius 1 is 1.43 bits per heavy atom. The van der Waals surface area contributed by atoms with Crippen LogP contribution in [0, 0.1) is 0 Å². The van der Waals surface area contributed by atoms with Crippen molar-refractivity contribution in [2.75, 3.05) is 5.12 Å². The Balaban J connectivity index is 2.96. The molecule has 1 N–H and O–H groups in total. The molecule has 14 heavy (non-hydrogen) atoms. The van der Waals surface area contributed by atoms with Gasteiger partial charge < -0.3 is 5.11 Å². The molecule has 0 aliphatic carbocycles. The van der Waals surface area contributed by atoms with Gasteiger partial charge in [0.2, 0.25) is 0 Å². The normalized spacial score (nSPS) is 14.5. The van der Waals surface area contributed by atoms with Crippen molar-refractivity contribution in [3.63, 3.8) is 0 Å². The molecule has 1 rings (SSSR count). The predicted octanol–water partition coefficient (Wildman–Crippen LogP) is 2.15. The lowest BCUT2D eigenvalue weighted by Gasteiger charge is -2.23. The average molecular weight is 201 g/mol. The highest BCUT2D eigenvalue weighted by Crippen LogP contribution is 2.25. The van der Waals surface area contributed by atoms with Crippen molar-refractivity contribution in [3.8, 4) is 0 Å². The molecule has 0 heterocycles. The van der Waals surface area contributed by atoms with E-state index in [0.717, 1.165) is 0 Å². The molecule has 1 aromatic carbocycles. The number of alkyl halides is 1. The van der Waals surface area contributed by atoms with Gasteiger partial charge in [0, 0.05) is 6.92 Å². The van der Waals surface area contributed by atoms with E-state index < -0.39 is 16.9 Å². The van der Waals surface area contributed by atoms with E-state index in [4.69, 9.17) is 5.11 Å². The van der Waals surface area contributed by atoms with Crippen LogP contribution < -0.4 is 5.12 Å². The van der Waals surface area contributed by atoms with Crippen LogP contribution in [0.25, 0.3) is 0 Å². The van der Waals surface area contributed by atoms with Gasteiger partial charge in [0.15, 0.2) is 0 Å². The topological polar surface area (TPSA) is 40.5 Å². The molecule has 1 aromatic rings. The fourth-order valence-corrected chi connectivity index (χ4v) is 0.885. The van der Waals surface area contributed by atoms with Gasteiger partial charge in [0.05, 0.1) is 5.69 Å². The Kier molecular flexibility index (Phi) is 2.69. The minimum Gasteiger partial charge on any atom is -0.477 e. The van der Waals surface area contributed by atoms with Crippen LogP contribution in [-0.4, -0.2) is 16.9 Å². The maximum atomic E-state index is 13.2. The van der Waals surface area contributed by atoms with Crippen LogP contribution in [-0.2, 0) is 4.79 Å². The summed E-state index contributed by atoms with van der Waals surface area (Å²) in [5.41, 5.74) is -0.139. The largest absolute Gasteiger partial charge is 0.477 e. The van der Waals surface area contributed by atoms with Gasteiger partial charge in [-0.2, -0.15) is 5.12 Å². The van der Waals surface area contributed by atoms with Crippen LogP contribution in [0.3, 0.4) is 0 Å². The molecule has 0 bridgehead atoms. The van der Waals surface area contributed by atoms with E-state index in [2.05, 4.69) is 0 Å². The number of carboxylic acid groups (broad SMARTS) is 1. The van der Waals surface area contributed by atoms with Gasteiger partial charge in [0.25, 0.3) is 0 Å². The highest BCUT2D eigenvalue weighted by atomic mass is 19.2. The summed E-state index contributed by atoms with van der Waals surface area (Å²) in [7, 11) is 0. The highest BCUT2D eigenvalue weighted by molar-refractivity contribution is 5.80. The van der Waals surface area contributed by atoms with Gasteiger partial charge in [-0.05, 0) is 12.1 Å². The van der Waals surface area contributed by atoms with Gasteiger partial charge >= 0.3 is 11.8 Å². The number of anilines is 1. The standard InChI is InChI=1S/C9H9F2NO2/c1-9(10,8(13)14)12(11)7-5-3-2-4-6-7/h2-6H,1H3,(H,13,14). The van der Waals surface area contributed by atoms with Crippen LogP contribution >= 0.6 is 0 Å². The number of hydrogen-bond acceptors (Lipinski definition) is 2. The molecular formula is C9H9F2NO2. The first-order valence-corrected chi connectivity index (χ1v) is 3.89. The van der Waals surface area contributed by atoms with Crippen molar-refractivity contribution in [2.45, 2.75) is 12.7 Å². The lowest BCUT2D eigenvalue weighted by molar-refractivity contribution is -0.151. The summed E-state index contributed by atoms with van der Waals surface area (Å²) in [5.74, 6) is -4.93. The van der Waals surface area contributed by atoms with Crippen LogP contribution in [0.1, 0.15) is 6.92 Å². The molecule has 1 atom stereocenters. The van der Waals surface area contributed by atoms with Crippen molar-refractivity contribution in [2.24, 2.45) is 0 Å². The third-order valence-corrected chi connectivity index (χ3v) is 1.74. The Morgan fingerprint density at radius 3 is 2.36 bits per heavy atom. The van der Waals surface area contributed by atoms with Gasteiger partial charge in [-0.3, -0.25) is 0 Å². The molecule has 0 spiro atoms. The Bertz CT molecular complexity index is 327. The summed E-state index contributed by atoms with van der Waals surface area (Å²) < 4.78 is 26.5. The third-order valence-electron chi connectivity index (χ3n) is 1.74. The molecule has 0 radical (unpaired) electrons. The smallest absolute Gasteiger partial charge is 0.364 e. The number of carboxylic acids is 1. The Hall–Kier alpha value is -1.65. The number of nitrogens with zero attached hydrogens (tertiary/aromatic N) is 1. The highest BCUT2D eigenvalue weighted by Gasteiger charge is 2.41. The second-order valence-electron chi connectivity index (χ2n) is 2.87. The van der Waals surface area contributed by atoms with Gasteiger partial charge in [0.1, 0.15) is 0 Å². The van der Waals surface area contributed by atoms with E-state index in [9.17, 15) is 13.7 Å². The fraction of sp³-hybridized carbons (Fsp3) is 0.222. The second-order valence-corrected chi connectivity index (χ2v) is 2.87. The van der Waals surface area contributed by atoms with Crippen molar-refractivity contribution >= 4 is 11.7 Å². The molecule has 0 aromatic heterocycles. The Labute approximate surface area is 79.5 Å². The first-order chi connectivity index (χ1) is 6.46. The number of hydrogen-bond donors (Lipinski definition) is 1. The van der Waals surface area contributed by atoms with E-state index in [1.54, 1.807) is 6.07 Å². The van der Waals surface area contributed by atoms with Crippen molar-refractivity contribution in [1.82, 2.24) is 0 Å². The number of aliphatic carboxylic acids is 1. The zero-order valence-corrected chi connectivity index (χ0v) is 7.45. The molecule has 0 aliphatic heterocycles. The molecule has 0 aliphatic rings. The first kappa shape index (κ1) is 10.4. The number of halogens is 2. The molecular weight excluding hydrogens is 192 g/mol. The number of carbonyl (C=O) groups is 1. The molecule has 3 nitrogen and oxygen atoms in total. The van der Waals surface area contributed by atoms with Gasteiger partial charge in [-0.1, -0.05) is 22.7 Å². The van der Waals surface area contributed by atoms with Crippen LogP contribution in [0.15, 0.2) is 30.3 Å². The molecule has 0 fully saturated rings. The van der Waals surface area contributed by atoms with Crippen LogP contribution in [0.5, 0.6) is 0 Å². The summed E-state index contributed by atoms with van der Waals surface area (Å²) in [6, 6.07) is 7.15. The van der Waals surface area contributed by atoms with Gasteiger partial charge in [-0.25, -0.2) is 9.18 Å². The third kappa shape index (κ3) is 1.81. The summed E-state index contributed by atoms with van der Waals surface area (Å²) in [6.07, 6.45) is 0. The molecule has 5 heteroatoms. The monoisotopic (exact) mass is 201 g/mol. The maximum absolute atomic E-state index is 13.2. The molecule has 76 valence electrons. The lowest BCUT2D eigenvalue weighted by Crippen LogP contribution is -2.44. The minimum atomic E-state index is -3.05. The van der Waals surface area contributed by atoms with Gasteiger partial charge in [-0.15, -0.1) is 0 Å². The molecule has 0 amide bonds. The number of para-hydroxylation sites is 1. The molecule has 1 unspecified atom stereocenters. The Morgan fingerprint density at radius 2 is 1.93 bits per heavy atom. The molecule has 0 saturated carbocycles. The average Bonchev–Trinajstić information content (AvgIpc) is 2.17. The summed E-state index contributed by atoms with van der Waals surface area (Å²) in [4.78, 5) is 10.4. The zero-order valence-electron chi connectivity index (χ0n) is 7.45. The van der Waals surface area contributed by atoms with Crippen LogP contribution in [0.4, 0.5) is 14.6 Å². The maximum Gasteiger partial charge on any atom is 0.364 e. The zero-order chi connectivity index (χ0) is 10.8. The number of rotatable bonds is 3. The fourth-order valence-electron chi connectivity index (χ4n) is 0.885. The second kappa shape index (κ2) is 3.61. The summed E-state index contributed by atoms with van der Waals surface area (Å²) in [6.45, 7) is 0.641. The quantitative estimate of drug-likeness (QED) is 0.601. The van der Waals surface area contributed by atoms with Crippen molar-refractivity contribution < 1.29 is 18.8 Å². The van der Waals surface area contributed by atoms with Crippen LogP contribution in [0.2, 0.25) is 0 Å². The molecule has 0 saturated heterocycles. The van der Waals surface area contributed by atoms with Crippen molar-refractivity contribution in [1.29, 1.82) is 0 Å². The summed E-state index contributed by atoms with van der Waals surface area (Å²) >= 11 is 0. The van der Waals surface area contributed by atoms with E-state index >= 15 is 0 Å². The van der Waals surface area contributed by atoms with E-state index in [1.165, 1.54) is 24.3 Å². The predicted molar refractivity (Wildman–Crippen MR) is 47.2 cm³/mol. The van der Waals surface area contributed by atoms with Crippen molar-refractivity contribution in [3.05, 3.63) is 30.3 Å². The number of benzene rings is 1. The van der Waals surface area contributed by atoms with E-state index in [0.29, 0.717) is 6.92 Å². The SMILES string of the molecule is CC(F)(C(=O)O)N(F)c1ccccc1.